The Morgan fingerprint density at radius 3 is 2.22 bits per heavy atom. The van der Waals surface area contributed by atoms with Gasteiger partial charge < -0.3 is 25.0 Å². The highest BCUT2D eigenvalue weighted by atomic mass is 79.9. The lowest BCUT2D eigenvalue weighted by Gasteiger charge is -2.27. The van der Waals surface area contributed by atoms with Gasteiger partial charge in [0.25, 0.3) is 5.56 Å². The van der Waals surface area contributed by atoms with Crippen molar-refractivity contribution in [2.24, 2.45) is 0 Å². The number of phenols is 1. The van der Waals surface area contributed by atoms with Crippen LogP contribution in [0.25, 0.3) is 28.4 Å². The number of aromatic hydroxyl groups is 1. The maximum absolute atomic E-state index is 13.6. The molecule has 2 aromatic rings. The van der Waals surface area contributed by atoms with Gasteiger partial charge in [-0.3, -0.25) is 24.0 Å². The molecule has 10 nitrogen and oxygen atoms in total. The van der Waals surface area contributed by atoms with Gasteiger partial charge in [0.05, 0.1) is 33.4 Å². The molecular formula is C30H20BrNO9. The predicted octanol–water partition coefficient (Wildman–Crippen LogP) is 0.865. The number of halogens is 1. The minimum atomic E-state index is -1.97. The van der Waals surface area contributed by atoms with E-state index >= 15 is 0 Å². The molecule has 4 aliphatic rings. The van der Waals surface area contributed by atoms with E-state index in [4.69, 9.17) is 4.74 Å². The lowest BCUT2D eigenvalue weighted by Crippen LogP contribution is -2.51. The maximum Gasteiger partial charge on any atom is 0.260 e. The molecule has 1 aromatic heterocycles. The SMILES string of the molecule is C/C=C/C=C/c1cc2c(Br)c3c(c(O)c2c(=O)[nH]1)C1(CC3)C(O)=c2c(=O)c3c(=O)cc(OC)c(=O)c=3c(=O)c2=C1O. The molecule has 11 heteroatoms. The van der Waals surface area contributed by atoms with E-state index in [2.05, 4.69) is 20.9 Å². The Labute approximate surface area is 236 Å². The molecule has 4 N–H and O–H groups in total. The highest BCUT2D eigenvalue weighted by molar-refractivity contribution is 9.10. The summed E-state index contributed by atoms with van der Waals surface area (Å²) in [6.45, 7) is 1.84. The molecule has 4 aliphatic carbocycles. The summed E-state index contributed by atoms with van der Waals surface area (Å²) >= 11 is 3.52. The van der Waals surface area contributed by atoms with Crippen LogP contribution in [0, 0.1) is 10.4 Å². The molecule has 0 aliphatic heterocycles. The number of aliphatic hydroxyl groups is 2. The molecule has 1 unspecified atom stereocenters. The number of fused-ring (bicyclic) bond motifs is 4. The van der Waals surface area contributed by atoms with Crippen molar-refractivity contribution in [3.63, 3.8) is 0 Å². The number of hydrogen-bond acceptors (Lipinski definition) is 9. The number of H-pyrrole nitrogens is 1. The third-order valence-electron chi connectivity index (χ3n) is 7.96. The first kappa shape index (κ1) is 26.5. The number of hydrogen-bond donors (Lipinski definition) is 4. The smallest absolute Gasteiger partial charge is 0.260 e. The second-order valence-corrected chi connectivity index (χ2v) is 10.7. The van der Waals surface area contributed by atoms with Crippen molar-refractivity contribution in [2.75, 3.05) is 7.11 Å². The Morgan fingerprint density at radius 2 is 1.59 bits per heavy atom. The van der Waals surface area contributed by atoms with Crippen LogP contribution in [0.15, 0.2) is 58.8 Å². The zero-order valence-corrected chi connectivity index (χ0v) is 23.1. The summed E-state index contributed by atoms with van der Waals surface area (Å²) in [5.74, 6) is -2.50. The standard InChI is InChI=1S/C30H20BrNO9/c1-3-4-5-6-11-9-13-16(29(40)32-11)26(37)21-12(22(13)31)7-8-30(21)27(38)19-20(28(30)39)25(36)18-17(24(19)35)14(33)10-15(41-2)23(18)34/h3-6,9-10,37-39H,7-8H2,1-2H3,(H,32,40)/b4-3+,6-5+. The molecule has 0 amide bonds. The summed E-state index contributed by atoms with van der Waals surface area (Å²) in [5, 5.41) is 32.1. The van der Waals surface area contributed by atoms with Crippen LogP contribution < -0.4 is 42.4 Å². The minimum Gasteiger partial charge on any atom is -0.510 e. The number of pyridine rings is 1. The Balaban J connectivity index is 1.78. The van der Waals surface area contributed by atoms with Gasteiger partial charge in [-0.05, 0) is 53.4 Å². The number of phenolic OH excluding ortho intramolecular Hbond substituents is 1. The summed E-state index contributed by atoms with van der Waals surface area (Å²) in [6, 6.07) is 2.44. The fraction of sp³-hybridized carbons (Fsp3) is 0.167. The quantitative estimate of drug-likeness (QED) is 0.243. The van der Waals surface area contributed by atoms with Crippen molar-refractivity contribution in [1.29, 1.82) is 0 Å². The molecule has 6 rings (SSSR count). The summed E-state index contributed by atoms with van der Waals surface area (Å²) in [5.41, 5.74) is -5.98. The van der Waals surface area contributed by atoms with Crippen LogP contribution in [0.1, 0.15) is 30.2 Å². The van der Waals surface area contributed by atoms with E-state index in [0.717, 1.165) is 13.2 Å². The molecule has 0 saturated carbocycles. The Bertz CT molecular complexity index is 2410. The summed E-state index contributed by atoms with van der Waals surface area (Å²) in [4.78, 5) is 68.7. The number of rotatable bonds is 3. The predicted molar refractivity (Wildman–Crippen MR) is 155 cm³/mol. The van der Waals surface area contributed by atoms with Gasteiger partial charge in [-0.25, -0.2) is 0 Å². The largest absolute Gasteiger partial charge is 0.510 e. The zero-order chi connectivity index (χ0) is 29.5. The van der Waals surface area contributed by atoms with Crippen LogP contribution in [-0.4, -0.2) is 27.4 Å². The van der Waals surface area contributed by atoms with Gasteiger partial charge in [-0.1, -0.05) is 18.2 Å². The number of aromatic nitrogens is 1. The molecule has 206 valence electrons. The van der Waals surface area contributed by atoms with Crippen molar-refractivity contribution in [2.45, 2.75) is 25.2 Å². The number of ether oxygens (including phenoxy) is 1. The van der Waals surface area contributed by atoms with Crippen LogP contribution in [0.2, 0.25) is 0 Å². The fourth-order valence-corrected chi connectivity index (χ4v) is 6.88. The van der Waals surface area contributed by atoms with E-state index in [0.29, 0.717) is 21.1 Å². The first-order valence-corrected chi connectivity index (χ1v) is 13.3. The van der Waals surface area contributed by atoms with Crippen LogP contribution in [0.4, 0.5) is 0 Å². The lowest BCUT2D eigenvalue weighted by molar-refractivity contribution is 0.362. The first-order valence-electron chi connectivity index (χ1n) is 12.5. The van der Waals surface area contributed by atoms with E-state index in [1.165, 1.54) is 0 Å². The second-order valence-electron chi connectivity index (χ2n) is 9.91. The van der Waals surface area contributed by atoms with Crippen LogP contribution in [0.3, 0.4) is 0 Å². The first-order chi connectivity index (χ1) is 19.5. The van der Waals surface area contributed by atoms with Gasteiger partial charge in [-0.15, -0.1) is 0 Å². The zero-order valence-electron chi connectivity index (χ0n) is 21.5. The third-order valence-corrected chi connectivity index (χ3v) is 8.86. The van der Waals surface area contributed by atoms with Crippen molar-refractivity contribution < 1.29 is 20.1 Å². The molecule has 1 aromatic carbocycles. The third kappa shape index (κ3) is 3.20. The number of nitrogens with one attached hydrogen (secondary N) is 1. The molecule has 0 bridgehead atoms. The normalized spacial score (nSPS) is 18.0. The molecular weight excluding hydrogens is 598 g/mol. The minimum absolute atomic E-state index is 0.0593. The second kappa shape index (κ2) is 8.87. The highest BCUT2D eigenvalue weighted by Crippen LogP contribution is 2.56. The van der Waals surface area contributed by atoms with E-state index < -0.39 is 76.6 Å². The monoisotopic (exact) mass is 617 g/mol. The summed E-state index contributed by atoms with van der Waals surface area (Å²) < 4.78 is 5.32. The molecule has 41 heavy (non-hydrogen) atoms. The van der Waals surface area contributed by atoms with Crippen LogP contribution in [-0.2, 0) is 11.8 Å². The Kier molecular flexibility index (Phi) is 5.72. The van der Waals surface area contributed by atoms with Crippen molar-refractivity contribution in [3.05, 3.63) is 124 Å². The molecule has 1 heterocycles. The highest BCUT2D eigenvalue weighted by Gasteiger charge is 2.53. The molecule has 0 radical (unpaired) electrons. The molecule has 1 spiro atoms. The topological polar surface area (TPSA) is 171 Å². The van der Waals surface area contributed by atoms with Gasteiger partial charge in [0.1, 0.15) is 22.7 Å². The van der Waals surface area contributed by atoms with E-state index in [1.54, 1.807) is 24.3 Å². The van der Waals surface area contributed by atoms with Gasteiger partial charge in [0.2, 0.25) is 16.3 Å². The van der Waals surface area contributed by atoms with Gasteiger partial charge in [0.15, 0.2) is 11.2 Å². The van der Waals surface area contributed by atoms with E-state index in [1.807, 2.05) is 13.0 Å². The Hall–Kier alpha value is -4.77. The number of allylic oxidation sites excluding steroid dienone is 3. The van der Waals surface area contributed by atoms with Gasteiger partial charge in [0, 0.05) is 27.2 Å². The average molecular weight is 618 g/mol. The molecule has 0 fully saturated rings. The number of aromatic amines is 1. The number of aliphatic hydroxyl groups excluding tert-OH is 2. The summed E-state index contributed by atoms with van der Waals surface area (Å²) in [7, 11) is 1.12. The fourth-order valence-electron chi connectivity index (χ4n) is 6.17. The van der Waals surface area contributed by atoms with Crippen LogP contribution >= 0.6 is 15.9 Å². The van der Waals surface area contributed by atoms with Crippen molar-refractivity contribution >= 4 is 44.3 Å². The maximum atomic E-state index is 13.6. The molecule has 0 saturated heterocycles. The van der Waals surface area contributed by atoms with Gasteiger partial charge in [-0.2, -0.15) is 0 Å². The average Bonchev–Trinajstić information content (AvgIpc) is 3.45. The lowest BCUT2D eigenvalue weighted by atomic mass is 9.78. The van der Waals surface area contributed by atoms with Crippen molar-refractivity contribution in [1.82, 2.24) is 4.98 Å². The number of benzene rings is 1. The number of methoxy groups -OCH3 is 1. The van der Waals surface area contributed by atoms with Gasteiger partial charge >= 0.3 is 0 Å². The van der Waals surface area contributed by atoms with Crippen molar-refractivity contribution in [3.8, 4) is 11.5 Å². The van der Waals surface area contributed by atoms with E-state index in [9.17, 15) is 39.3 Å². The Morgan fingerprint density at radius 1 is 0.927 bits per heavy atom. The summed E-state index contributed by atoms with van der Waals surface area (Å²) in [6.07, 6.45) is 7.06. The van der Waals surface area contributed by atoms with E-state index in [-0.39, 0.29) is 23.8 Å². The molecule has 1 atom stereocenters. The van der Waals surface area contributed by atoms with Crippen LogP contribution in [0.5, 0.6) is 11.5 Å².